The number of hydrogen-bond acceptors (Lipinski definition) is 0. The minimum Gasteiger partial charge on any atom is -0.0778 e. The Labute approximate surface area is 45.2 Å². The van der Waals surface area contributed by atoms with E-state index >= 15 is 0 Å². The van der Waals surface area contributed by atoms with Crippen molar-refractivity contribution in [3.63, 3.8) is 0 Å². The molecule has 0 saturated heterocycles. The maximum absolute atomic E-state index is 2.34. The molecule has 7 heavy (non-hydrogen) atoms. The van der Waals surface area contributed by atoms with Crippen molar-refractivity contribution in [3.8, 4) is 0 Å². The van der Waals surface area contributed by atoms with Crippen molar-refractivity contribution in [2.24, 2.45) is 5.92 Å². The predicted octanol–water partition coefficient (Wildman–Crippen LogP) is 2.36. The normalized spacial score (nSPS) is 27.1. The van der Waals surface area contributed by atoms with E-state index in [1.54, 1.807) is 5.57 Å². The summed E-state index contributed by atoms with van der Waals surface area (Å²) >= 11 is 0. The SMILES string of the molecule is CCCC1=CC1C. The molecule has 1 aliphatic carbocycles. The second-order valence-corrected chi connectivity index (χ2v) is 2.28. The summed E-state index contributed by atoms with van der Waals surface area (Å²) in [6, 6.07) is 0. The summed E-state index contributed by atoms with van der Waals surface area (Å²) < 4.78 is 0. The molecule has 0 aromatic carbocycles. The van der Waals surface area contributed by atoms with Crippen molar-refractivity contribution >= 4 is 0 Å². The van der Waals surface area contributed by atoms with Crippen LogP contribution in [0.5, 0.6) is 0 Å². The smallest absolute Gasteiger partial charge is 0.00486 e. The largest absolute Gasteiger partial charge is 0.0778 e. The summed E-state index contributed by atoms with van der Waals surface area (Å²) in [5.74, 6) is 0.861. The van der Waals surface area contributed by atoms with Crippen LogP contribution in [0.4, 0.5) is 0 Å². The summed E-state index contributed by atoms with van der Waals surface area (Å²) in [7, 11) is 0. The molecule has 1 unspecified atom stereocenters. The van der Waals surface area contributed by atoms with Crippen LogP contribution in [-0.2, 0) is 0 Å². The number of rotatable bonds is 2. The van der Waals surface area contributed by atoms with Gasteiger partial charge in [-0.05, 0) is 12.3 Å². The van der Waals surface area contributed by atoms with Gasteiger partial charge in [-0.2, -0.15) is 0 Å². The molecule has 0 heterocycles. The molecule has 1 aliphatic rings. The van der Waals surface area contributed by atoms with Crippen molar-refractivity contribution < 1.29 is 0 Å². The van der Waals surface area contributed by atoms with Crippen LogP contribution in [0.1, 0.15) is 26.7 Å². The summed E-state index contributed by atoms with van der Waals surface area (Å²) in [4.78, 5) is 0. The fraction of sp³-hybridized carbons (Fsp3) is 0.714. The lowest BCUT2D eigenvalue weighted by Gasteiger charge is -1.85. The first-order valence-corrected chi connectivity index (χ1v) is 3.05. The molecular formula is C7H12. The topological polar surface area (TPSA) is 0 Å². The van der Waals surface area contributed by atoms with E-state index in [2.05, 4.69) is 19.9 Å². The highest BCUT2D eigenvalue weighted by atomic mass is 14.2. The molecule has 0 N–H and O–H groups in total. The van der Waals surface area contributed by atoms with Gasteiger partial charge in [0.1, 0.15) is 0 Å². The Kier molecular flexibility index (Phi) is 1.18. The molecule has 0 aromatic rings. The molecule has 0 nitrogen and oxygen atoms in total. The highest BCUT2D eigenvalue weighted by molar-refractivity contribution is 5.27. The third kappa shape index (κ3) is 1.05. The van der Waals surface area contributed by atoms with Crippen molar-refractivity contribution in [2.45, 2.75) is 26.7 Å². The van der Waals surface area contributed by atoms with Gasteiger partial charge in [-0.1, -0.05) is 31.9 Å². The zero-order valence-electron chi connectivity index (χ0n) is 5.07. The first-order valence-electron chi connectivity index (χ1n) is 3.05. The molecule has 1 rings (SSSR count). The van der Waals surface area contributed by atoms with Crippen molar-refractivity contribution in [2.75, 3.05) is 0 Å². The van der Waals surface area contributed by atoms with E-state index in [0.29, 0.717) is 0 Å². The highest BCUT2D eigenvalue weighted by Crippen LogP contribution is 2.31. The molecular weight excluding hydrogens is 84.1 g/mol. The number of allylic oxidation sites excluding steroid dienone is 2. The molecule has 0 saturated carbocycles. The van der Waals surface area contributed by atoms with Gasteiger partial charge in [0.15, 0.2) is 0 Å². The first-order chi connectivity index (χ1) is 3.34. The first kappa shape index (κ1) is 4.89. The van der Waals surface area contributed by atoms with Gasteiger partial charge in [-0.25, -0.2) is 0 Å². The fourth-order valence-corrected chi connectivity index (χ4v) is 0.873. The molecule has 0 aliphatic heterocycles. The van der Waals surface area contributed by atoms with Crippen LogP contribution in [0, 0.1) is 5.92 Å². The molecule has 0 bridgehead atoms. The monoisotopic (exact) mass is 96.1 g/mol. The maximum atomic E-state index is 2.34. The lowest BCUT2D eigenvalue weighted by Crippen LogP contribution is -1.69. The van der Waals surface area contributed by atoms with Gasteiger partial charge in [0.2, 0.25) is 0 Å². The average molecular weight is 96.2 g/mol. The van der Waals surface area contributed by atoms with Crippen LogP contribution in [0.25, 0.3) is 0 Å². The Morgan fingerprint density at radius 3 is 2.43 bits per heavy atom. The van der Waals surface area contributed by atoms with E-state index in [9.17, 15) is 0 Å². The Bertz CT molecular complexity index is 90.2. The van der Waals surface area contributed by atoms with Gasteiger partial charge >= 0.3 is 0 Å². The molecule has 0 aromatic heterocycles. The zero-order valence-corrected chi connectivity index (χ0v) is 5.07. The summed E-state index contributed by atoms with van der Waals surface area (Å²) in [6.45, 7) is 4.48. The predicted molar refractivity (Wildman–Crippen MR) is 32.2 cm³/mol. The zero-order chi connectivity index (χ0) is 5.28. The van der Waals surface area contributed by atoms with Crippen molar-refractivity contribution in [1.82, 2.24) is 0 Å². The van der Waals surface area contributed by atoms with E-state index in [-0.39, 0.29) is 0 Å². The average Bonchev–Trinajstić information content (AvgIpc) is 2.22. The molecule has 0 spiro atoms. The molecule has 0 heteroatoms. The minimum absolute atomic E-state index is 0.861. The van der Waals surface area contributed by atoms with Crippen LogP contribution < -0.4 is 0 Å². The van der Waals surface area contributed by atoms with E-state index in [0.717, 1.165) is 5.92 Å². The standard InChI is InChI=1S/C7H12/c1-3-4-7-5-6(7)2/h5-6H,3-4H2,1-2H3. The minimum atomic E-state index is 0.861. The van der Waals surface area contributed by atoms with Gasteiger partial charge in [0.05, 0.1) is 0 Å². The molecule has 1 atom stereocenters. The summed E-state index contributed by atoms with van der Waals surface area (Å²) in [5, 5.41) is 0. The summed E-state index contributed by atoms with van der Waals surface area (Å²) in [5.41, 5.74) is 1.67. The maximum Gasteiger partial charge on any atom is -0.00486 e. The van der Waals surface area contributed by atoms with Gasteiger partial charge in [-0.15, -0.1) is 0 Å². The Balaban J connectivity index is 2.09. The van der Waals surface area contributed by atoms with Gasteiger partial charge in [-0.3, -0.25) is 0 Å². The Hall–Kier alpha value is -0.260. The number of hydrogen-bond donors (Lipinski definition) is 0. The Morgan fingerprint density at radius 1 is 1.71 bits per heavy atom. The molecule has 0 amide bonds. The van der Waals surface area contributed by atoms with E-state index in [4.69, 9.17) is 0 Å². The van der Waals surface area contributed by atoms with Crippen LogP contribution in [0.15, 0.2) is 11.6 Å². The van der Waals surface area contributed by atoms with E-state index in [1.165, 1.54) is 12.8 Å². The Morgan fingerprint density at radius 2 is 2.29 bits per heavy atom. The second-order valence-electron chi connectivity index (χ2n) is 2.28. The van der Waals surface area contributed by atoms with Gasteiger partial charge < -0.3 is 0 Å². The van der Waals surface area contributed by atoms with Gasteiger partial charge in [0.25, 0.3) is 0 Å². The highest BCUT2D eigenvalue weighted by Gasteiger charge is 2.16. The van der Waals surface area contributed by atoms with Crippen LogP contribution >= 0.6 is 0 Å². The van der Waals surface area contributed by atoms with E-state index in [1.807, 2.05) is 0 Å². The summed E-state index contributed by atoms with van der Waals surface area (Å²) in [6.07, 6.45) is 4.99. The van der Waals surface area contributed by atoms with E-state index < -0.39 is 0 Å². The molecule has 40 valence electrons. The van der Waals surface area contributed by atoms with Crippen molar-refractivity contribution in [3.05, 3.63) is 11.6 Å². The van der Waals surface area contributed by atoms with Gasteiger partial charge in [0, 0.05) is 0 Å². The lowest BCUT2D eigenvalue weighted by molar-refractivity contribution is 0.869. The third-order valence-corrected chi connectivity index (χ3v) is 1.48. The van der Waals surface area contributed by atoms with Crippen molar-refractivity contribution in [1.29, 1.82) is 0 Å². The quantitative estimate of drug-likeness (QED) is 0.463. The third-order valence-electron chi connectivity index (χ3n) is 1.48. The lowest BCUT2D eigenvalue weighted by atomic mass is 10.2. The second kappa shape index (κ2) is 1.69. The van der Waals surface area contributed by atoms with Crippen LogP contribution in [0.2, 0.25) is 0 Å². The van der Waals surface area contributed by atoms with Crippen LogP contribution in [-0.4, -0.2) is 0 Å². The van der Waals surface area contributed by atoms with Crippen LogP contribution in [0.3, 0.4) is 0 Å². The molecule has 0 fully saturated rings. The molecule has 0 radical (unpaired) electrons. The fourth-order valence-electron chi connectivity index (χ4n) is 0.873.